The first-order valence-electron chi connectivity index (χ1n) is 11.6. The second-order valence-corrected chi connectivity index (χ2v) is 9.73. The quantitative estimate of drug-likeness (QED) is 0.243. The Kier molecular flexibility index (Phi) is 9.35. The van der Waals surface area contributed by atoms with Gasteiger partial charge in [-0.1, -0.05) is 30.3 Å². The van der Waals surface area contributed by atoms with E-state index in [-0.39, 0.29) is 35.6 Å². The van der Waals surface area contributed by atoms with Crippen LogP contribution in [0.5, 0.6) is 0 Å². The highest BCUT2D eigenvalue weighted by molar-refractivity contribution is 7.17. The molecular weight excluding hydrogens is 570 g/mol. The number of alkyl halides is 6. The molecule has 0 saturated heterocycles. The third-order valence-electron chi connectivity index (χ3n) is 5.94. The van der Waals surface area contributed by atoms with E-state index < -0.39 is 40.9 Å². The normalized spacial score (nSPS) is 13.8. The van der Waals surface area contributed by atoms with Gasteiger partial charge in [0.2, 0.25) is 0 Å². The van der Waals surface area contributed by atoms with Crippen LogP contribution in [0, 0.1) is 0 Å². The Morgan fingerprint density at radius 3 is 2.18 bits per heavy atom. The van der Waals surface area contributed by atoms with Crippen molar-refractivity contribution in [1.29, 1.82) is 0 Å². The molecule has 2 heterocycles. The van der Waals surface area contributed by atoms with Crippen molar-refractivity contribution in [3.63, 3.8) is 0 Å². The monoisotopic (exact) mass is 592 g/mol. The van der Waals surface area contributed by atoms with Gasteiger partial charge in [-0.25, -0.2) is 4.79 Å². The van der Waals surface area contributed by atoms with E-state index in [1.807, 2.05) is 30.3 Å². The molecule has 13 heteroatoms. The summed E-state index contributed by atoms with van der Waals surface area (Å²) in [7, 11) is 0. The van der Waals surface area contributed by atoms with E-state index in [1.165, 1.54) is 0 Å². The molecule has 0 aliphatic carbocycles. The van der Waals surface area contributed by atoms with Gasteiger partial charge in [0.15, 0.2) is 0 Å². The summed E-state index contributed by atoms with van der Waals surface area (Å²) in [5, 5.41) is 2.39. The molecule has 39 heavy (non-hydrogen) atoms. The molecule has 1 aromatic heterocycles. The first-order chi connectivity index (χ1) is 17.9. The Morgan fingerprint density at radius 1 is 1.00 bits per heavy atom. The van der Waals surface area contributed by atoms with E-state index >= 15 is 0 Å². The zero-order valence-corrected chi connectivity index (χ0v) is 22.0. The molecule has 0 spiro atoms. The fraction of sp³-hybridized carbons (Fsp3) is 0.308. The second kappa shape index (κ2) is 12.0. The van der Waals surface area contributed by atoms with Gasteiger partial charge in [-0.15, -0.1) is 23.7 Å². The van der Waals surface area contributed by atoms with Crippen molar-refractivity contribution in [3.05, 3.63) is 86.8 Å². The summed E-state index contributed by atoms with van der Waals surface area (Å²) < 4.78 is 84.7. The summed E-state index contributed by atoms with van der Waals surface area (Å²) in [6, 6.07) is 10.3. The molecule has 0 fully saturated rings. The van der Waals surface area contributed by atoms with Crippen LogP contribution in [0.1, 0.15) is 54.8 Å². The summed E-state index contributed by atoms with van der Waals surface area (Å²) in [4.78, 5) is 28.6. The number of esters is 1. The van der Waals surface area contributed by atoms with Gasteiger partial charge in [0.1, 0.15) is 5.00 Å². The van der Waals surface area contributed by atoms with E-state index in [9.17, 15) is 35.9 Å². The first kappa shape index (κ1) is 30.5. The average molecular weight is 593 g/mol. The number of hydrogen-bond donors (Lipinski definition) is 1. The Labute approximate surface area is 230 Å². The van der Waals surface area contributed by atoms with Gasteiger partial charge < -0.3 is 10.1 Å². The predicted molar refractivity (Wildman–Crippen MR) is 136 cm³/mol. The lowest BCUT2D eigenvalue weighted by Crippen LogP contribution is -2.29. The molecule has 0 radical (unpaired) electrons. The van der Waals surface area contributed by atoms with Crippen LogP contribution in [0.15, 0.2) is 48.5 Å². The molecule has 4 rings (SSSR count). The molecule has 2 aromatic carbocycles. The number of thiophene rings is 1. The van der Waals surface area contributed by atoms with Crippen molar-refractivity contribution in [2.75, 3.05) is 18.5 Å². The lowest BCUT2D eigenvalue weighted by molar-refractivity contribution is -0.143. The van der Waals surface area contributed by atoms with Gasteiger partial charge in [-0.3, -0.25) is 9.69 Å². The number of rotatable bonds is 6. The van der Waals surface area contributed by atoms with Crippen LogP contribution in [0.4, 0.5) is 31.3 Å². The van der Waals surface area contributed by atoms with Crippen LogP contribution >= 0.6 is 23.7 Å². The molecule has 0 unspecified atom stereocenters. The molecule has 0 bridgehead atoms. The van der Waals surface area contributed by atoms with Crippen molar-refractivity contribution in [3.8, 4) is 0 Å². The fourth-order valence-electron chi connectivity index (χ4n) is 4.20. The van der Waals surface area contributed by atoms with Crippen molar-refractivity contribution in [2.45, 2.75) is 38.8 Å². The number of benzene rings is 2. The summed E-state index contributed by atoms with van der Waals surface area (Å²) in [6.45, 7) is 3.32. The number of nitrogens with one attached hydrogen (secondary N) is 1. The lowest BCUT2D eigenvalue weighted by Gasteiger charge is -2.27. The topological polar surface area (TPSA) is 58.6 Å². The number of fused-ring (bicyclic) bond motifs is 1. The van der Waals surface area contributed by atoms with Crippen LogP contribution < -0.4 is 5.32 Å². The van der Waals surface area contributed by atoms with Gasteiger partial charge in [-0.05, 0) is 42.7 Å². The smallest absolute Gasteiger partial charge is 0.416 e. The van der Waals surface area contributed by atoms with Crippen molar-refractivity contribution in [1.82, 2.24) is 4.90 Å². The summed E-state index contributed by atoms with van der Waals surface area (Å²) >= 11 is 1.05. The highest BCUT2D eigenvalue weighted by Crippen LogP contribution is 2.40. The predicted octanol–water partition coefficient (Wildman–Crippen LogP) is 7.19. The van der Waals surface area contributed by atoms with Gasteiger partial charge >= 0.3 is 18.3 Å². The van der Waals surface area contributed by atoms with Crippen LogP contribution in [0.3, 0.4) is 0 Å². The van der Waals surface area contributed by atoms with Gasteiger partial charge in [0.25, 0.3) is 5.91 Å². The van der Waals surface area contributed by atoms with Gasteiger partial charge in [0, 0.05) is 30.1 Å². The van der Waals surface area contributed by atoms with Crippen molar-refractivity contribution < 1.29 is 40.7 Å². The number of ether oxygens (including phenoxy) is 1. The number of carbonyl (C=O) groups is 2. The van der Waals surface area contributed by atoms with E-state index in [4.69, 9.17) is 4.74 Å². The minimum atomic E-state index is -5.10. The molecule has 0 saturated carbocycles. The largest absolute Gasteiger partial charge is 0.462 e. The molecule has 210 valence electrons. The van der Waals surface area contributed by atoms with Crippen LogP contribution in [0.2, 0.25) is 0 Å². The van der Waals surface area contributed by atoms with E-state index in [0.717, 1.165) is 21.8 Å². The van der Waals surface area contributed by atoms with E-state index in [1.54, 1.807) is 6.92 Å². The summed E-state index contributed by atoms with van der Waals surface area (Å²) in [5.41, 5.74) is -2.25. The van der Waals surface area contributed by atoms with Crippen LogP contribution in [-0.2, 0) is 36.6 Å². The summed E-state index contributed by atoms with van der Waals surface area (Å²) in [5.74, 6) is -1.93. The van der Waals surface area contributed by atoms with E-state index in [2.05, 4.69) is 10.2 Å². The third kappa shape index (κ3) is 7.11. The Balaban J connectivity index is 0.00000420. The number of carbonyl (C=O) groups excluding carboxylic acids is 2. The SMILES string of the molecule is CCOC(=O)c1c(NC(=O)c2cc(C(F)(F)F)cc(C(F)(F)F)c2)sc2c1CCN(Cc1ccccc1)C2.Cl. The Morgan fingerprint density at radius 2 is 1.62 bits per heavy atom. The van der Waals surface area contributed by atoms with Crippen LogP contribution in [-0.4, -0.2) is 29.9 Å². The van der Waals surface area contributed by atoms with Crippen LogP contribution in [0.25, 0.3) is 0 Å². The van der Waals surface area contributed by atoms with Gasteiger partial charge in [-0.2, -0.15) is 26.3 Å². The average Bonchev–Trinajstić information content (AvgIpc) is 3.20. The standard InChI is InChI=1S/C26H22F6N2O3S.ClH/c1-2-37-24(36)21-19-8-9-34(13-15-6-4-3-5-7-15)14-20(19)38-23(21)33-22(35)16-10-17(25(27,28)29)12-18(11-16)26(30,31)32;/h3-7,10-12H,2,8-9,13-14H2,1H3,(H,33,35);1H. The molecule has 3 aromatic rings. The van der Waals surface area contributed by atoms with Gasteiger partial charge in [0.05, 0.1) is 23.3 Å². The number of amides is 1. The summed E-state index contributed by atoms with van der Waals surface area (Å²) in [6.07, 6.45) is -9.75. The maximum Gasteiger partial charge on any atom is 0.416 e. The Bertz CT molecular complexity index is 1310. The minimum Gasteiger partial charge on any atom is -0.462 e. The zero-order chi connectivity index (χ0) is 27.7. The fourth-order valence-corrected chi connectivity index (χ4v) is 5.47. The first-order valence-corrected chi connectivity index (χ1v) is 12.4. The minimum absolute atomic E-state index is 0. The number of hydrogen-bond acceptors (Lipinski definition) is 5. The highest BCUT2D eigenvalue weighted by Gasteiger charge is 2.38. The maximum absolute atomic E-state index is 13.3. The molecule has 0 atom stereocenters. The molecule has 1 N–H and O–H groups in total. The van der Waals surface area contributed by atoms with Crippen molar-refractivity contribution >= 4 is 40.6 Å². The number of anilines is 1. The molecule has 1 aliphatic rings. The number of nitrogens with zero attached hydrogens (tertiary/aromatic N) is 1. The number of halogens is 7. The zero-order valence-electron chi connectivity index (χ0n) is 20.4. The molecule has 1 aliphatic heterocycles. The lowest BCUT2D eigenvalue weighted by atomic mass is 10.0. The second-order valence-electron chi connectivity index (χ2n) is 8.62. The van der Waals surface area contributed by atoms with E-state index in [0.29, 0.717) is 43.8 Å². The molecule has 1 amide bonds. The Hall–Kier alpha value is -3.09. The third-order valence-corrected chi connectivity index (χ3v) is 7.07. The maximum atomic E-state index is 13.3. The molecule has 5 nitrogen and oxygen atoms in total. The van der Waals surface area contributed by atoms with Crippen molar-refractivity contribution in [2.24, 2.45) is 0 Å². The highest BCUT2D eigenvalue weighted by atomic mass is 35.5. The molecular formula is C26H23ClF6N2O3S.